The molecule has 2 fully saturated rings. The molecule has 0 aliphatic carbocycles. The minimum atomic E-state index is -1.36. The summed E-state index contributed by atoms with van der Waals surface area (Å²) in [6.45, 7) is 7.56. The third-order valence-corrected chi connectivity index (χ3v) is 10.1. The van der Waals surface area contributed by atoms with Crippen molar-refractivity contribution in [3.63, 3.8) is 0 Å². The molecule has 4 atom stereocenters. The van der Waals surface area contributed by atoms with E-state index in [1.54, 1.807) is 27.7 Å². The van der Waals surface area contributed by atoms with E-state index in [1.807, 2.05) is 36.4 Å². The average molecular weight is 648 g/mol. The van der Waals surface area contributed by atoms with Gasteiger partial charge in [0, 0.05) is 20.7 Å². The Balaban J connectivity index is 1.19. The van der Waals surface area contributed by atoms with Crippen molar-refractivity contribution in [1.29, 1.82) is 0 Å². The number of aliphatic hydroxyl groups is 1. The second kappa shape index (κ2) is 12.3. The molecule has 0 spiro atoms. The molecule has 0 unspecified atom stereocenters. The van der Waals surface area contributed by atoms with Crippen molar-refractivity contribution >= 4 is 19.1 Å². The van der Waals surface area contributed by atoms with Crippen molar-refractivity contribution in [3.05, 3.63) is 78.9 Å². The van der Waals surface area contributed by atoms with Gasteiger partial charge < -0.3 is 24.1 Å². The number of hydrogen-bond donors (Lipinski definition) is 1. The predicted molar refractivity (Wildman–Crippen MR) is 169 cm³/mol. The molecule has 10 nitrogen and oxygen atoms in total. The van der Waals surface area contributed by atoms with Crippen molar-refractivity contribution in [3.8, 4) is 34.0 Å². The number of halogens is 2. The number of hydrogen-bond acceptors (Lipinski definition) is 8. The number of benzene rings is 3. The van der Waals surface area contributed by atoms with E-state index in [1.165, 1.54) is 12.4 Å². The predicted octanol–water partition coefficient (Wildman–Crippen LogP) is 5.45. The lowest BCUT2D eigenvalue weighted by molar-refractivity contribution is 0.00339. The van der Waals surface area contributed by atoms with Gasteiger partial charge in [-0.3, -0.25) is 4.57 Å². The second-order valence-electron chi connectivity index (χ2n) is 12.9. The highest BCUT2D eigenvalue weighted by Crippen LogP contribution is 2.36. The smallest absolute Gasteiger partial charge is 0.299 e. The van der Waals surface area contributed by atoms with Crippen molar-refractivity contribution in [2.45, 2.75) is 56.8 Å². The maximum atomic E-state index is 16.2. The molecular formula is C33H35F2N5O5Si. The van der Waals surface area contributed by atoms with Crippen molar-refractivity contribution in [2.75, 3.05) is 19.8 Å². The fraction of sp³-hybridized carbons (Fsp3) is 0.364. The number of aromatic nitrogens is 5. The highest BCUT2D eigenvalue weighted by atomic mass is 28.3. The molecule has 3 aromatic carbocycles. The molecule has 1 N–H and O–H groups in total. The molecule has 240 valence electrons. The number of rotatable bonds is 10. The van der Waals surface area contributed by atoms with E-state index in [4.69, 9.17) is 18.9 Å². The van der Waals surface area contributed by atoms with Crippen LogP contribution in [-0.4, -0.2) is 81.7 Å². The van der Waals surface area contributed by atoms with Crippen LogP contribution in [0.1, 0.15) is 0 Å². The molecule has 2 aliphatic heterocycles. The number of nitrogens with zero attached hydrogens (tertiary/aromatic N) is 5. The molecule has 7 rings (SSSR count). The fourth-order valence-corrected chi connectivity index (χ4v) is 6.60. The van der Waals surface area contributed by atoms with Crippen molar-refractivity contribution in [1.82, 2.24) is 24.3 Å². The van der Waals surface area contributed by atoms with Gasteiger partial charge in [0.15, 0.2) is 11.9 Å². The number of imidazole rings is 1. The molecule has 0 saturated carbocycles. The van der Waals surface area contributed by atoms with Gasteiger partial charge in [-0.1, -0.05) is 56.0 Å². The summed E-state index contributed by atoms with van der Waals surface area (Å²) in [6.07, 6.45) is 0.764. The molecule has 0 bridgehead atoms. The highest BCUT2D eigenvalue weighted by molar-refractivity contribution is 6.76. The Labute approximate surface area is 265 Å². The van der Waals surface area contributed by atoms with Crippen LogP contribution in [0.25, 0.3) is 39.0 Å². The third kappa shape index (κ3) is 5.96. The Hall–Kier alpha value is -4.01. The molecule has 46 heavy (non-hydrogen) atoms. The van der Waals surface area contributed by atoms with E-state index >= 15 is 8.78 Å². The first-order valence-electron chi connectivity index (χ1n) is 15.3. The monoisotopic (exact) mass is 647 g/mol. The molecule has 4 heterocycles. The fourth-order valence-electron chi connectivity index (χ4n) is 5.84. The van der Waals surface area contributed by atoms with Crippen LogP contribution in [-0.2, 0) is 20.9 Å². The second-order valence-corrected chi connectivity index (χ2v) is 18.5. The maximum Gasteiger partial charge on any atom is 0.299 e. The maximum absolute atomic E-state index is 16.2. The zero-order valence-electron chi connectivity index (χ0n) is 25.8. The van der Waals surface area contributed by atoms with Gasteiger partial charge in [-0.2, -0.15) is 10.1 Å². The van der Waals surface area contributed by atoms with Gasteiger partial charge in [0.05, 0.1) is 30.0 Å². The van der Waals surface area contributed by atoms with Crippen LogP contribution in [0.2, 0.25) is 25.7 Å². The summed E-state index contributed by atoms with van der Waals surface area (Å²) in [5.41, 5.74) is 3.09. The minimum Gasteiger partial charge on any atom is -0.456 e. The molecule has 13 heteroatoms. The van der Waals surface area contributed by atoms with Crippen LogP contribution in [0.5, 0.6) is 6.01 Å². The van der Waals surface area contributed by atoms with Crippen molar-refractivity contribution < 1.29 is 32.8 Å². The summed E-state index contributed by atoms with van der Waals surface area (Å²) >= 11 is 0. The Kier molecular flexibility index (Phi) is 8.19. The van der Waals surface area contributed by atoms with Gasteiger partial charge in [-0.05, 0) is 34.9 Å². The summed E-state index contributed by atoms with van der Waals surface area (Å²) in [5, 5.41) is 14.3. The first kappa shape index (κ1) is 30.6. The van der Waals surface area contributed by atoms with E-state index in [2.05, 4.69) is 34.7 Å². The van der Waals surface area contributed by atoms with Gasteiger partial charge in [0.1, 0.15) is 49.0 Å². The molecular weight excluding hydrogens is 612 g/mol. The lowest BCUT2D eigenvalue weighted by Crippen LogP contribution is -2.35. The zero-order valence-corrected chi connectivity index (χ0v) is 26.8. The Morgan fingerprint density at radius 2 is 1.65 bits per heavy atom. The van der Waals surface area contributed by atoms with Crippen LogP contribution in [0.4, 0.5) is 8.78 Å². The number of fused-ring (bicyclic) bond motifs is 2. The summed E-state index contributed by atoms with van der Waals surface area (Å²) in [7, 11) is -1.36. The largest absolute Gasteiger partial charge is 0.456 e. The molecule has 2 aliphatic rings. The quantitative estimate of drug-likeness (QED) is 0.158. The standard InChI is InChI=1S/C33H35F2N5O5Si/c1-46(2,3)13-12-42-19-39-25-14-24(34)28(29(35)30(25)38-33(39)45-27-16-44-31-26(41)15-43-32(27)31)22-6-4-20(5-7-22)21-8-10-23(11-9-21)40-18-36-17-37-40/h4-11,14,17-18,26-27,31-32,41H,12-13,15-16,19H2,1-3H3/t26-,27-,31-,32-/m1/s1. The normalized spacial score (nSPS) is 21.3. The minimum absolute atomic E-state index is 0.00406. The lowest BCUT2D eigenvalue weighted by atomic mass is 9.99. The number of ether oxygens (including phenoxy) is 4. The molecule has 2 aromatic heterocycles. The zero-order chi connectivity index (χ0) is 32.0. The summed E-state index contributed by atoms with van der Waals surface area (Å²) in [4.78, 5) is 8.47. The van der Waals surface area contributed by atoms with Gasteiger partial charge >= 0.3 is 0 Å². The molecule has 0 amide bonds. The van der Waals surface area contributed by atoms with E-state index in [-0.39, 0.29) is 42.6 Å². The topological polar surface area (TPSA) is 106 Å². The molecule has 2 saturated heterocycles. The Morgan fingerprint density at radius 1 is 0.957 bits per heavy atom. The Bertz CT molecular complexity index is 1830. The van der Waals surface area contributed by atoms with Gasteiger partial charge in [0.25, 0.3) is 6.01 Å². The first-order chi connectivity index (χ1) is 22.2. The summed E-state index contributed by atoms with van der Waals surface area (Å²) < 4.78 is 58.8. The van der Waals surface area contributed by atoms with Gasteiger partial charge in [0.2, 0.25) is 0 Å². The molecule has 5 aromatic rings. The van der Waals surface area contributed by atoms with Gasteiger partial charge in [-0.15, -0.1) is 0 Å². The SMILES string of the molecule is C[Si](C)(C)CCOCn1c(O[C@@H]2CO[C@H]3[C@@H]2OC[C@H]3O)nc2c(F)c(-c3ccc(-c4ccc(-n5cncn5)cc4)cc3)c(F)cc21. The van der Waals surface area contributed by atoms with Crippen LogP contribution >= 0.6 is 0 Å². The Morgan fingerprint density at radius 3 is 2.35 bits per heavy atom. The lowest BCUT2D eigenvalue weighted by Gasteiger charge is -2.19. The molecule has 0 radical (unpaired) electrons. The first-order valence-corrected chi connectivity index (χ1v) is 19.0. The van der Waals surface area contributed by atoms with E-state index in [0.29, 0.717) is 12.2 Å². The third-order valence-electron chi connectivity index (χ3n) is 8.41. The summed E-state index contributed by atoms with van der Waals surface area (Å²) in [6, 6.07) is 17.1. The summed E-state index contributed by atoms with van der Waals surface area (Å²) in [5.74, 6) is -1.52. The van der Waals surface area contributed by atoms with Crippen LogP contribution < -0.4 is 4.74 Å². The van der Waals surface area contributed by atoms with Crippen LogP contribution in [0.3, 0.4) is 0 Å². The van der Waals surface area contributed by atoms with Crippen LogP contribution in [0.15, 0.2) is 67.3 Å². The van der Waals surface area contributed by atoms with E-state index in [0.717, 1.165) is 22.9 Å². The number of aliphatic hydroxyl groups excluding tert-OH is 1. The van der Waals surface area contributed by atoms with Crippen molar-refractivity contribution in [2.24, 2.45) is 0 Å². The van der Waals surface area contributed by atoms with E-state index in [9.17, 15) is 5.11 Å². The van der Waals surface area contributed by atoms with E-state index < -0.39 is 44.1 Å². The highest BCUT2D eigenvalue weighted by Gasteiger charge is 2.49. The average Bonchev–Trinajstić information content (AvgIpc) is 3.83. The van der Waals surface area contributed by atoms with Crippen LogP contribution in [0, 0.1) is 11.6 Å². The van der Waals surface area contributed by atoms with Gasteiger partial charge in [-0.25, -0.2) is 18.4 Å².